The van der Waals surface area contributed by atoms with E-state index in [0.29, 0.717) is 22.3 Å². The molecule has 20 heavy (non-hydrogen) atoms. The van der Waals surface area contributed by atoms with Gasteiger partial charge >= 0.3 is 0 Å². The van der Waals surface area contributed by atoms with Gasteiger partial charge in [0, 0.05) is 12.6 Å². The lowest BCUT2D eigenvalue weighted by Crippen LogP contribution is -2.49. The fraction of sp³-hybridized carbons (Fsp3) is 1.00. The van der Waals surface area contributed by atoms with Gasteiger partial charge in [0.1, 0.15) is 0 Å². The smallest absolute Gasteiger partial charge is 0.00774 e. The maximum atomic E-state index is 3.94. The number of likely N-dealkylation sites (tertiary alicyclic amines) is 1. The molecule has 2 fully saturated rings. The number of hydrogen-bond donors (Lipinski definition) is 1. The van der Waals surface area contributed by atoms with Crippen molar-refractivity contribution in [1.29, 1.82) is 0 Å². The van der Waals surface area contributed by atoms with Crippen LogP contribution >= 0.6 is 0 Å². The number of nitrogens with zero attached hydrogens (tertiary/aromatic N) is 1. The Morgan fingerprint density at radius 1 is 0.950 bits per heavy atom. The van der Waals surface area contributed by atoms with Crippen molar-refractivity contribution in [1.82, 2.24) is 10.2 Å². The molecule has 1 heterocycles. The van der Waals surface area contributed by atoms with Gasteiger partial charge < -0.3 is 10.2 Å². The minimum atomic E-state index is 0.493. The van der Waals surface area contributed by atoms with Crippen LogP contribution in [-0.4, -0.2) is 37.6 Å². The summed E-state index contributed by atoms with van der Waals surface area (Å²) < 4.78 is 0. The zero-order valence-corrected chi connectivity index (χ0v) is 14.7. The van der Waals surface area contributed by atoms with E-state index in [1.165, 1.54) is 51.7 Å². The Hall–Kier alpha value is -0.0800. The van der Waals surface area contributed by atoms with E-state index < -0.39 is 0 Å². The van der Waals surface area contributed by atoms with Crippen LogP contribution in [0.4, 0.5) is 0 Å². The van der Waals surface area contributed by atoms with Crippen molar-refractivity contribution in [2.45, 2.75) is 72.8 Å². The highest BCUT2D eigenvalue weighted by molar-refractivity contribution is 4.93. The van der Waals surface area contributed by atoms with Gasteiger partial charge in [0.2, 0.25) is 0 Å². The molecule has 1 aliphatic carbocycles. The van der Waals surface area contributed by atoms with Crippen molar-refractivity contribution >= 4 is 0 Å². The molecular weight excluding hydrogens is 244 g/mol. The van der Waals surface area contributed by atoms with Crippen molar-refractivity contribution in [3.05, 3.63) is 0 Å². The highest BCUT2D eigenvalue weighted by Crippen LogP contribution is 2.45. The van der Waals surface area contributed by atoms with Crippen molar-refractivity contribution < 1.29 is 0 Å². The second-order valence-corrected chi connectivity index (χ2v) is 9.61. The van der Waals surface area contributed by atoms with E-state index in [9.17, 15) is 0 Å². The topological polar surface area (TPSA) is 15.3 Å². The molecule has 0 radical (unpaired) electrons. The highest BCUT2D eigenvalue weighted by atomic mass is 15.1. The van der Waals surface area contributed by atoms with E-state index in [1.54, 1.807) is 0 Å². The summed E-state index contributed by atoms with van der Waals surface area (Å²) in [5.74, 6) is 0. The first-order chi connectivity index (χ1) is 9.09. The van der Waals surface area contributed by atoms with Gasteiger partial charge in [-0.1, -0.05) is 34.6 Å². The molecule has 0 aromatic rings. The molecule has 2 rings (SSSR count). The molecule has 2 aliphatic rings. The normalized spacial score (nSPS) is 30.3. The summed E-state index contributed by atoms with van der Waals surface area (Å²) in [6.07, 6.45) is 6.73. The number of piperidine rings is 1. The van der Waals surface area contributed by atoms with Crippen molar-refractivity contribution in [3.63, 3.8) is 0 Å². The predicted octanol–water partition coefficient (Wildman–Crippen LogP) is 3.91. The molecule has 0 spiro atoms. The molecule has 0 aromatic carbocycles. The first-order valence-corrected chi connectivity index (χ1v) is 8.51. The Kier molecular flexibility index (Phi) is 4.57. The van der Waals surface area contributed by atoms with Crippen molar-refractivity contribution in [2.24, 2.45) is 16.2 Å². The van der Waals surface area contributed by atoms with Gasteiger partial charge in [0.25, 0.3) is 0 Å². The molecule has 1 N–H and O–H groups in total. The standard InChI is InChI=1S/C18H36N2/c1-16(2)11-15(12-17(3,4)13-16)19-14-18(5)7-9-20(6)10-8-18/h15,19H,7-14H2,1-6H3. The first kappa shape index (κ1) is 16.3. The van der Waals surface area contributed by atoms with Gasteiger partial charge in [0.05, 0.1) is 0 Å². The van der Waals surface area contributed by atoms with Crippen LogP contribution in [-0.2, 0) is 0 Å². The molecule has 0 amide bonds. The van der Waals surface area contributed by atoms with Gasteiger partial charge in [-0.25, -0.2) is 0 Å². The molecule has 0 atom stereocenters. The van der Waals surface area contributed by atoms with Crippen LogP contribution in [0.2, 0.25) is 0 Å². The largest absolute Gasteiger partial charge is 0.313 e. The van der Waals surface area contributed by atoms with E-state index in [2.05, 4.69) is 51.9 Å². The van der Waals surface area contributed by atoms with Crippen LogP contribution in [0.3, 0.4) is 0 Å². The fourth-order valence-electron chi connectivity index (χ4n) is 4.72. The quantitative estimate of drug-likeness (QED) is 0.843. The van der Waals surface area contributed by atoms with Crippen LogP contribution < -0.4 is 5.32 Å². The maximum absolute atomic E-state index is 3.94. The minimum absolute atomic E-state index is 0.493. The second-order valence-electron chi connectivity index (χ2n) is 9.61. The molecule has 1 saturated heterocycles. The summed E-state index contributed by atoms with van der Waals surface area (Å²) >= 11 is 0. The lowest BCUT2D eigenvalue weighted by molar-refractivity contribution is 0.0712. The van der Waals surface area contributed by atoms with E-state index in [4.69, 9.17) is 0 Å². The molecule has 0 aromatic heterocycles. The fourth-order valence-corrected chi connectivity index (χ4v) is 4.72. The van der Waals surface area contributed by atoms with Crippen LogP contribution in [0, 0.1) is 16.2 Å². The van der Waals surface area contributed by atoms with Crippen LogP contribution in [0.25, 0.3) is 0 Å². The molecule has 118 valence electrons. The van der Waals surface area contributed by atoms with Gasteiger partial charge in [-0.05, 0) is 68.5 Å². The number of hydrogen-bond acceptors (Lipinski definition) is 2. The number of nitrogens with one attached hydrogen (secondary N) is 1. The van der Waals surface area contributed by atoms with Gasteiger partial charge in [-0.3, -0.25) is 0 Å². The van der Waals surface area contributed by atoms with Gasteiger partial charge in [-0.15, -0.1) is 0 Å². The third kappa shape index (κ3) is 4.46. The Morgan fingerprint density at radius 3 is 1.95 bits per heavy atom. The SMILES string of the molecule is CN1CCC(C)(CNC2CC(C)(C)CC(C)(C)C2)CC1. The molecule has 2 nitrogen and oxygen atoms in total. The van der Waals surface area contributed by atoms with Crippen LogP contribution in [0.1, 0.15) is 66.7 Å². The third-order valence-electron chi connectivity index (χ3n) is 5.57. The zero-order valence-electron chi connectivity index (χ0n) is 14.7. The predicted molar refractivity (Wildman–Crippen MR) is 88.0 cm³/mol. The lowest BCUT2D eigenvalue weighted by Gasteiger charge is -2.46. The summed E-state index contributed by atoms with van der Waals surface area (Å²) in [5, 5.41) is 3.94. The summed E-state index contributed by atoms with van der Waals surface area (Å²) in [6.45, 7) is 16.0. The number of rotatable bonds is 3. The Labute approximate surface area is 126 Å². The average molecular weight is 280 g/mol. The van der Waals surface area contributed by atoms with E-state index in [1.807, 2.05) is 0 Å². The molecule has 1 saturated carbocycles. The van der Waals surface area contributed by atoms with Gasteiger partial charge in [0.15, 0.2) is 0 Å². The Balaban J connectivity index is 1.87. The summed E-state index contributed by atoms with van der Waals surface area (Å²) in [5.41, 5.74) is 1.50. The third-order valence-corrected chi connectivity index (χ3v) is 5.57. The Bertz CT molecular complexity index is 308. The summed E-state index contributed by atoms with van der Waals surface area (Å²) in [7, 11) is 2.25. The van der Waals surface area contributed by atoms with Gasteiger partial charge in [-0.2, -0.15) is 0 Å². The van der Waals surface area contributed by atoms with Crippen molar-refractivity contribution in [3.8, 4) is 0 Å². The molecule has 0 unspecified atom stereocenters. The molecule has 1 aliphatic heterocycles. The molecule has 2 heteroatoms. The maximum Gasteiger partial charge on any atom is 0.00774 e. The molecule has 0 bridgehead atoms. The second kappa shape index (κ2) is 5.61. The average Bonchev–Trinajstić information content (AvgIpc) is 2.27. The van der Waals surface area contributed by atoms with Crippen LogP contribution in [0.15, 0.2) is 0 Å². The lowest BCUT2D eigenvalue weighted by atomic mass is 9.63. The van der Waals surface area contributed by atoms with E-state index >= 15 is 0 Å². The van der Waals surface area contributed by atoms with Crippen molar-refractivity contribution in [2.75, 3.05) is 26.7 Å². The van der Waals surface area contributed by atoms with Crippen LogP contribution in [0.5, 0.6) is 0 Å². The zero-order chi connectivity index (χ0) is 15.0. The van der Waals surface area contributed by atoms with E-state index in [0.717, 1.165) is 0 Å². The summed E-state index contributed by atoms with van der Waals surface area (Å²) in [4.78, 5) is 2.47. The minimum Gasteiger partial charge on any atom is -0.313 e. The molecular formula is C18H36N2. The first-order valence-electron chi connectivity index (χ1n) is 8.51. The summed E-state index contributed by atoms with van der Waals surface area (Å²) in [6, 6.07) is 0.713. The Morgan fingerprint density at radius 2 is 1.45 bits per heavy atom. The highest BCUT2D eigenvalue weighted by Gasteiger charge is 2.39. The van der Waals surface area contributed by atoms with E-state index in [-0.39, 0.29) is 0 Å². The monoisotopic (exact) mass is 280 g/mol.